The number of aliphatic hydroxyl groups excluding tert-OH is 2. The van der Waals surface area contributed by atoms with Gasteiger partial charge in [0.25, 0.3) is 0 Å². The van der Waals surface area contributed by atoms with Crippen LogP contribution in [0.15, 0.2) is 12.2 Å². The Balaban J connectivity index is 3.57. The van der Waals surface area contributed by atoms with Crippen molar-refractivity contribution in [1.82, 2.24) is 0 Å². The standard InChI is InChI=1S/C25H50O3/c1-3-5-7-9-10-11-12-13-14-15-16-17-18-19-21-24(27)25(28,23-26)22-20-8-6-4-2/h20,22,24,26-28H,3-19,21,23H2,1-2H3/b22-20+. The lowest BCUT2D eigenvalue weighted by molar-refractivity contribution is -0.0747. The quantitative estimate of drug-likeness (QED) is 0.149. The second-order valence-electron chi connectivity index (χ2n) is 8.59. The molecule has 28 heavy (non-hydrogen) atoms. The molecule has 0 saturated carbocycles. The van der Waals surface area contributed by atoms with Crippen LogP contribution in [0.4, 0.5) is 0 Å². The third kappa shape index (κ3) is 15.5. The number of hydrogen-bond donors (Lipinski definition) is 3. The van der Waals surface area contributed by atoms with Crippen LogP contribution in [0.3, 0.4) is 0 Å². The van der Waals surface area contributed by atoms with Gasteiger partial charge in [-0.3, -0.25) is 0 Å². The summed E-state index contributed by atoms with van der Waals surface area (Å²) in [5.41, 5.74) is -1.48. The van der Waals surface area contributed by atoms with Crippen LogP contribution in [0.1, 0.15) is 129 Å². The normalized spacial score (nSPS) is 15.2. The van der Waals surface area contributed by atoms with Crippen LogP contribution in [0.5, 0.6) is 0 Å². The first-order valence-corrected chi connectivity index (χ1v) is 12.3. The number of rotatable bonds is 21. The van der Waals surface area contributed by atoms with Gasteiger partial charge in [0.1, 0.15) is 5.60 Å². The van der Waals surface area contributed by atoms with Crippen LogP contribution < -0.4 is 0 Å². The van der Waals surface area contributed by atoms with Gasteiger partial charge in [-0.25, -0.2) is 0 Å². The maximum absolute atomic E-state index is 10.4. The maximum atomic E-state index is 10.4. The Labute approximate surface area is 175 Å². The van der Waals surface area contributed by atoms with Gasteiger partial charge < -0.3 is 15.3 Å². The second-order valence-corrected chi connectivity index (χ2v) is 8.59. The van der Waals surface area contributed by atoms with Crippen molar-refractivity contribution in [3.8, 4) is 0 Å². The zero-order valence-corrected chi connectivity index (χ0v) is 19.0. The molecule has 0 bridgehead atoms. The fraction of sp³-hybridized carbons (Fsp3) is 0.920. The third-order valence-corrected chi connectivity index (χ3v) is 5.79. The molecule has 3 N–H and O–H groups in total. The second kappa shape index (κ2) is 19.9. The Morgan fingerprint density at radius 2 is 1.11 bits per heavy atom. The molecule has 2 atom stereocenters. The average Bonchev–Trinajstić information content (AvgIpc) is 2.71. The highest BCUT2D eigenvalue weighted by Gasteiger charge is 2.31. The molecule has 0 aromatic rings. The van der Waals surface area contributed by atoms with E-state index in [1.165, 1.54) is 77.0 Å². The molecule has 0 aromatic heterocycles. The van der Waals surface area contributed by atoms with E-state index in [0.717, 1.165) is 32.1 Å². The van der Waals surface area contributed by atoms with Crippen molar-refractivity contribution in [2.75, 3.05) is 6.61 Å². The van der Waals surface area contributed by atoms with Crippen LogP contribution in [0.25, 0.3) is 0 Å². The smallest absolute Gasteiger partial charge is 0.131 e. The molecule has 0 aromatic carbocycles. The largest absolute Gasteiger partial charge is 0.393 e. The van der Waals surface area contributed by atoms with E-state index in [1.54, 1.807) is 6.08 Å². The summed E-state index contributed by atoms with van der Waals surface area (Å²) in [5.74, 6) is 0. The summed E-state index contributed by atoms with van der Waals surface area (Å²) in [6, 6.07) is 0. The molecule has 3 nitrogen and oxygen atoms in total. The summed E-state index contributed by atoms with van der Waals surface area (Å²) < 4.78 is 0. The minimum absolute atomic E-state index is 0.421. The van der Waals surface area contributed by atoms with E-state index in [4.69, 9.17) is 0 Å². The van der Waals surface area contributed by atoms with Crippen molar-refractivity contribution in [3.63, 3.8) is 0 Å². The highest BCUT2D eigenvalue weighted by molar-refractivity contribution is 5.05. The Morgan fingerprint density at radius 1 is 0.679 bits per heavy atom. The number of allylic oxidation sites excluding steroid dienone is 1. The lowest BCUT2D eigenvalue weighted by Crippen LogP contribution is -2.43. The van der Waals surface area contributed by atoms with Gasteiger partial charge in [-0.2, -0.15) is 0 Å². The summed E-state index contributed by atoms with van der Waals surface area (Å²) in [7, 11) is 0. The van der Waals surface area contributed by atoms with Crippen molar-refractivity contribution >= 4 is 0 Å². The number of unbranched alkanes of at least 4 members (excludes halogenated alkanes) is 15. The zero-order chi connectivity index (χ0) is 20.9. The first-order valence-electron chi connectivity index (χ1n) is 12.3. The molecule has 0 radical (unpaired) electrons. The molecule has 0 saturated heterocycles. The third-order valence-electron chi connectivity index (χ3n) is 5.79. The lowest BCUT2D eigenvalue weighted by Gasteiger charge is -2.28. The fourth-order valence-electron chi connectivity index (χ4n) is 3.66. The van der Waals surface area contributed by atoms with Crippen LogP contribution in [0.2, 0.25) is 0 Å². The van der Waals surface area contributed by atoms with Gasteiger partial charge in [-0.15, -0.1) is 0 Å². The van der Waals surface area contributed by atoms with Gasteiger partial charge in [0, 0.05) is 0 Å². The predicted molar refractivity (Wildman–Crippen MR) is 122 cm³/mol. The number of hydrogen-bond acceptors (Lipinski definition) is 3. The molecule has 0 heterocycles. The summed E-state index contributed by atoms with van der Waals surface area (Å²) in [5, 5.41) is 30.1. The maximum Gasteiger partial charge on any atom is 0.131 e. The molecule has 0 aliphatic rings. The molecule has 0 amide bonds. The van der Waals surface area contributed by atoms with Crippen LogP contribution >= 0.6 is 0 Å². The fourth-order valence-corrected chi connectivity index (χ4v) is 3.66. The van der Waals surface area contributed by atoms with E-state index in [0.29, 0.717) is 6.42 Å². The van der Waals surface area contributed by atoms with Crippen molar-refractivity contribution in [1.29, 1.82) is 0 Å². The van der Waals surface area contributed by atoms with Crippen LogP contribution in [0, 0.1) is 0 Å². The summed E-state index contributed by atoms with van der Waals surface area (Å²) in [4.78, 5) is 0. The van der Waals surface area contributed by atoms with Crippen molar-refractivity contribution in [3.05, 3.63) is 12.2 Å². The molecule has 3 heteroatoms. The highest BCUT2D eigenvalue weighted by atomic mass is 16.4. The molecule has 0 spiro atoms. The van der Waals surface area contributed by atoms with E-state index >= 15 is 0 Å². The first-order chi connectivity index (χ1) is 13.6. The first kappa shape index (κ1) is 27.6. The van der Waals surface area contributed by atoms with Crippen molar-refractivity contribution < 1.29 is 15.3 Å². The summed E-state index contributed by atoms with van der Waals surface area (Å²) in [6.45, 7) is 3.97. The molecule has 0 fully saturated rings. The molecular formula is C25H50O3. The molecule has 0 aliphatic heterocycles. The van der Waals surface area contributed by atoms with Gasteiger partial charge in [0.05, 0.1) is 12.7 Å². The van der Waals surface area contributed by atoms with E-state index in [2.05, 4.69) is 13.8 Å². The van der Waals surface area contributed by atoms with E-state index in [9.17, 15) is 15.3 Å². The van der Waals surface area contributed by atoms with Gasteiger partial charge in [0.15, 0.2) is 0 Å². The Kier molecular flexibility index (Phi) is 19.6. The Hall–Kier alpha value is -0.380. The Morgan fingerprint density at radius 3 is 1.54 bits per heavy atom. The zero-order valence-electron chi connectivity index (χ0n) is 19.0. The molecule has 168 valence electrons. The van der Waals surface area contributed by atoms with E-state index in [1.807, 2.05) is 6.08 Å². The SMILES string of the molecule is CCCC/C=C/C(O)(CO)C(O)CCCCCCCCCCCCCCCC. The lowest BCUT2D eigenvalue weighted by atomic mass is 9.92. The average molecular weight is 399 g/mol. The highest BCUT2D eigenvalue weighted by Crippen LogP contribution is 2.20. The number of aliphatic hydroxyl groups is 3. The van der Waals surface area contributed by atoms with Crippen LogP contribution in [-0.2, 0) is 0 Å². The monoisotopic (exact) mass is 398 g/mol. The topological polar surface area (TPSA) is 60.7 Å². The van der Waals surface area contributed by atoms with E-state index in [-0.39, 0.29) is 0 Å². The predicted octanol–water partition coefficient (Wildman–Crippen LogP) is 6.69. The summed E-state index contributed by atoms with van der Waals surface area (Å²) >= 11 is 0. The van der Waals surface area contributed by atoms with Crippen molar-refractivity contribution in [2.24, 2.45) is 0 Å². The van der Waals surface area contributed by atoms with Crippen molar-refractivity contribution in [2.45, 2.75) is 141 Å². The van der Waals surface area contributed by atoms with Gasteiger partial charge in [0.2, 0.25) is 0 Å². The van der Waals surface area contributed by atoms with Gasteiger partial charge >= 0.3 is 0 Å². The molecule has 2 unspecified atom stereocenters. The van der Waals surface area contributed by atoms with Gasteiger partial charge in [-0.1, -0.05) is 129 Å². The molecular weight excluding hydrogens is 348 g/mol. The molecule has 0 rings (SSSR count). The minimum atomic E-state index is -1.48. The minimum Gasteiger partial charge on any atom is -0.393 e. The Bertz CT molecular complexity index is 343. The van der Waals surface area contributed by atoms with Gasteiger partial charge in [-0.05, 0) is 12.8 Å². The summed E-state index contributed by atoms with van der Waals surface area (Å²) in [6.07, 6.45) is 24.5. The van der Waals surface area contributed by atoms with E-state index < -0.39 is 18.3 Å². The molecule has 0 aliphatic carbocycles. The van der Waals surface area contributed by atoms with Crippen LogP contribution in [-0.4, -0.2) is 33.6 Å².